The maximum atomic E-state index is 13.1. The minimum atomic E-state index is -0.207. The highest BCUT2D eigenvalue weighted by Crippen LogP contribution is 2.30. The number of hydrogen-bond acceptors (Lipinski definition) is 5. The molecule has 0 N–H and O–H groups in total. The number of aryl methyl sites for hydroxylation is 1. The van der Waals surface area contributed by atoms with E-state index in [1.54, 1.807) is 40.2 Å². The molecule has 7 nitrogen and oxygen atoms in total. The van der Waals surface area contributed by atoms with Crippen molar-refractivity contribution in [1.82, 2.24) is 24.0 Å². The standard InChI is InChI=1S/C22H17Cl2N5O2S/c1-13-9-28(12-25-13)18-2-3-19-21(30)27(4-5-29(19)22(18)31)10-17-11-32-20(26-17)14-6-15(23)8-16(24)7-14/h2-3,6-9,11-12H,4-5,10H2,1H3. The van der Waals surface area contributed by atoms with E-state index in [9.17, 15) is 9.59 Å². The zero-order chi connectivity index (χ0) is 22.4. The van der Waals surface area contributed by atoms with Gasteiger partial charge in [-0.05, 0) is 37.3 Å². The number of nitrogens with zero attached hydrogens (tertiary/aromatic N) is 5. The highest BCUT2D eigenvalue weighted by molar-refractivity contribution is 7.13. The molecule has 1 aliphatic rings. The fourth-order valence-electron chi connectivity index (χ4n) is 3.75. The van der Waals surface area contributed by atoms with Crippen molar-refractivity contribution < 1.29 is 4.79 Å². The fourth-order valence-corrected chi connectivity index (χ4v) is 5.07. The molecule has 162 valence electrons. The Labute approximate surface area is 197 Å². The number of carbonyl (C=O) groups is 1. The van der Waals surface area contributed by atoms with Gasteiger partial charge in [0.2, 0.25) is 0 Å². The van der Waals surface area contributed by atoms with Gasteiger partial charge in [-0.15, -0.1) is 11.3 Å². The zero-order valence-corrected chi connectivity index (χ0v) is 19.3. The number of thiazole rings is 1. The second kappa shape index (κ2) is 8.20. The van der Waals surface area contributed by atoms with Crippen LogP contribution in [0, 0.1) is 6.92 Å². The molecule has 1 amide bonds. The summed E-state index contributed by atoms with van der Waals surface area (Å²) in [6, 6.07) is 8.65. The number of pyridine rings is 1. The number of amides is 1. The number of hydrogen-bond donors (Lipinski definition) is 0. The van der Waals surface area contributed by atoms with Gasteiger partial charge in [-0.1, -0.05) is 23.2 Å². The lowest BCUT2D eigenvalue weighted by Crippen LogP contribution is -2.44. The molecule has 0 fully saturated rings. The molecule has 4 heterocycles. The van der Waals surface area contributed by atoms with Gasteiger partial charge in [0.15, 0.2) is 0 Å². The van der Waals surface area contributed by atoms with Gasteiger partial charge in [0.05, 0.1) is 24.3 Å². The number of fused-ring (bicyclic) bond motifs is 1. The summed E-state index contributed by atoms with van der Waals surface area (Å²) in [7, 11) is 0. The van der Waals surface area contributed by atoms with E-state index in [1.807, 2.05) is 24.4 Å². The van der Waals surface area contributed by atoms with Gasteiger partial charge in [-0.3, -0.25) is 9.59 Å². The molecule has 5 rings (SSSR count). The molecule has 3 aromatic heterocycles. The Balaban J connectivity index is 1.38. The second-order valence-corrected chi connectivity index (χ2v) is 9.24. The van der Waals surface area contributed by atoms with Gasteiger partial charge in [0.25, 0.3) is 11.5 Å². The maximum Gasteiger partial charge on any atom is 0.275 e. The third-order valence-electron chi connectivity index (χ3n) is 5.26. The van der Waals surface area contributed by atoms with Crippen LogP contribution in [0.4, 0.5) is 0 Å². The first-order chi connectivity index (χ1) is 15.4. The van der Waals surface area contributed by atoms with Crippen LogP contribution in [0.3, 0.4) is 0 Å². The second-order valence-electron chi connectivity index (χ2n) is 7.51. The Morgan fingerprint density at radius 3 is 2.59 bits per heavy atom. The molecule has 1 aliphatic heterocycles. The molecule has 0 atom stereocenters. The number of rotatable bonds is 4. The molecular formula is C22H17Cl2N5O2S. The Hall–Kier alpha value is -2.94. The lowest BCUT2D eigenvalue weighted by molar-refractivity contribution is 0.0684. The highest BCUT2D eigenvalue weighted by Gasteiger charge is 2.27. The summed E-state index contributed by atoms with van der Waals surface area (Å²) in [6.07, 6.45) is 3.39. The highest BCUT2D eigenvalue weighted by atomic mass is 35.5. The molecular weight excluding hydrogens is 469 g/mol. The van der Waals surface area contributed by atoms with Crippen molar-refractivity contribution in [2.45, 2.75) is 20.0 Å². The number of benzene rings is 1. The van der Waals surface area contributed by atoms with Crippen LogP contribution in [0.2, 0.25) is 10.0 Å². The third-order valence-corrected chi connectivity index (χ3v) is 6.63. The molecule has 4 aromatic rings. The third kappa shape index (κ3) is 3.85. The predicted octanol–water partition coefficient (Wildman–Crippen LogP) is 4.43. The van der Waals surface area contributed by atoms with Gasteiger partial charge < -0.3 is 14.0 Å². The summed E-state index contributed by atoms with van der Waals surface area (Å²) < 4.78 is 3.21. The van der Waals surface area contributed by atoms with Gasteiger partial charge in [0, 0.05) is 40.3 Å². The van der Waals surface area contributed by atoms with E-state index >= 15 is 0 Å². The Morgan fingerprint density at radius 1 is 1.09 bits per heavy atom. The van der Waals surface area contributed by atoms with E-state index in [-0.39, 0.29) is 11.5 Å². The lowest BCUT2D eigenvalue weighted by Gasteiger charge is -2.29. The summed E-state index contributed by atoms with van der Waals surface area (Å²) in [5.74, 6) is -0.193. The number of carbonyl (C=O) groups excluding carboxylic acids is 1. The fraction of sp³-hybridized carbons (Fsp3) is 0.182. The average molecular weight is 486 g/mol. The predicted molar refractivity (Wildman–Crippen MR) is 125 cm³/mol. The lowest BCUT2D eigenvalue weighted by atomic mass is 10.2. The van der Waals surface area contributed by atoms with Crippen LogP contribution in [0.5, 0.6) is 0 Å². The average Bonchev–Trinajstić information content (AvgIpc) is 3.39. The SMILES string of the molecule is Cc1cn(-c2ccc3n(c2=O)CCN(Cc2csc(-c4cc(Cl)cc(Cl)c4)n2)C3=O)cn1. The summed E-state index contributed by atoms with van der Waals surface area (Å²) >= 11 is 13.7. The summed E-state index contributed by atoms with van der Waals surface area (Å²) in [6.45, 7) is 3.06. The summed E-state index contributed by atoms with van der Waals surface area (Å²) in [5.41, 5.74) is 3.07. The normalized spacial score (nSPS) is 13.5. The maximum absolute atomic E-state index is 13.1. The molecule has 0 aliphatic carbocycles. The van der Waals surface area contributed by atoms with Crippen molar-refractivity contribution in [1.29, 1.82) is 0 Å². The molecule has 0 saturated carbocycles. The molecule has 32 heavy (non-hydrogen) atoms. The molecule has 0 radical (unpaired) electrons. The van der Waals surface area contributed by atoms with Crippen molar-refractivity contribution in [3.8, 4) is 16.3 Å². The minimum Gasteiger partial charge on any atom is -0.330 e. The van der Waals surface area contributed by atoms with Gasteiger partial charge in [-0.2, -0.15) is 0 Å². The number of imidazole rings is 1. The van der Waals surface area contributed by atoms with E-state index < -0.39 is 0 Å². The summed E-state index contributed by atoms with van der Waals surface area (Å²) in [4.78, 5) is 36.6. The van der Waals surface area contributed by atoms with E-state index in [4.69, 9.17) is 23.2 Å². The monoisotopic (exact) mass is 485 g/mol. The molecule has 0 unspecified atom stereocenters. The largest absolute Gasteiger partial charge is 0.330 e. The van der Waals surface area contributed by atoms with Crippen molar-refractivity contribution in [3.63, 3.8) is 0 Å². The van der Waals surface area contributed by atoms with Crippen LogP contribution in [0.15, 0.2) is 53.0 Å². The number of halogens is 2. The topological polar surface area (TPSA) is 73.0 Å². The van der Waals surface area contributed by atoms with E-state index in [0.717, 1.165) is 22.0 Å². The van der Waals surface area contributed by atoms with Gasteiger partial charge in [-0.25, -0.2) is 9.97 Å². The smallest absolute Gasteiger partial charge is 0.275 e. The van der Waals surface area contributed by atoms with Crippen LogP contribution in [-0.2, 0) is 13.1 Å². The molecule has 0 spiro atoms. The van der Waals surface area contributed by atoms with Crippen LogP contribution in [-0.4, -0.2) is 36.5 Å². The van der Waals surface area contributed by atoms with Crippen molar-refractivity contribution in [2.75, 3.05) is 6.54 Å². The first kappa shape index (κ1) is 20.9. The van der Waals surface area contributed by atoms with Crippen LogP contribution < -0.4 is 5.56 Å². The Bertz CT molecular complexity index is 1390. The first-order valence-corrected chi connectivity index (χ1v) is 11.5. The Kier molecular flexibility index (Phi) is 5.36. The Morgan fingerprint density at radius 2 is 1.88 bits per heavy atom. The first-order valence-electron chi connectivity index (χ1n) is 9.84. The van der Waals surface area contributed by atoms with Crippen LogP contribution >= 0.6 is 34.5 Å². The van der Waals surface area contributed by atoms with Crippen LogP contribution in [0.25, 0.3) is 16.3 Å². The van der Waals surface area contributed by atoms with E-state index in [0.29, 0.717) is 41.1 Å². The van der Waals surface area contributed by atoms with Gasteiger partial charge >= 0.3 is 0 Å². The van der Waals surface area contributed by atoms with E-state index in [1.165, 1.54) is 15.9 Å². The van der Waals surface area contributed by atoms with E-state index in [2.05, 4.69) is 9.97 Å². The summed E-state index contributed by atoms with van der Waals surface area (Å²) in [5, 5.41) is 3.79. The quantitative estimate of drug-likeness (QED) is 0.428. The van der Waals surface area contributed by atoms with Gasteiger partial charge in [0.1, 0.15) is 16.4 Å². The number of aromatic nitrogens is 4. The van der Waals surface area contributed by atoms with Crippen molar-refractivity contribution in [2.24, 2.45) is 0 Å². The molecule has 1 aromatic carbocycles. The van der Waals surface area contributed by atoms with Crippen LogP contribution in [0.1, 0.15) is 21.9 Å². The molecule has 0 bridgehead atoms. The van der Waals surface area contributed by atoms with Crippen molar-refractivity contribution in [3.05, 3.63) is 85.7 Å². The molecule has 0 saturated heterocycles. The minimum absolute atomic E-state index is 0.193. The molecule has 10 heteroatoms. The zero-order valence-electron chi connectivity index (χ0n) is 17.0. The van der Waals surface area contributed by atoms with Crippen molar-refractivity contribution >= 4 is 40.4 Å².